The Morgan fingerprint density at radius 1 is 1.29 bits per heavy atom. The van der Waals surface area contributed by atoms with Crippen LogP contribution in [0, 0.1) is 0 Å². The van der Waals surface area contributed by atoms with Crippen molar-refractivity contribution in [3.8, 4) is 5.75 Å². The highest BCUT2D eigenvalue weighted by molar-refractivity contribution is 7.80. The number of aromatic amines is 1. The zero-order valence-corrected chi connectivity index (χ0v) is 8.72. The molecule has 0 aliphatic heterocycles. The van der Waals surface area contributed by atoms with Gasteiger partial charge in [0.05, 0.1) is 0 Å². The Morgan fingerprint density at radius 2 is 2.14 bits per heavy atom. The molecule has 2 rings (SSSR count). The van der Waals surface area contributed by atoms with Gasteiger partial charge in [-0.3, -0.25) is 0 Å². The third-order valence-electron chi connectivity index (χ3n) is 2.26. The Hall–Kier alpha value is -1.09. The highest BCUT2D eigenvalue weighted by Crippen LogP contribution is 2.21. The normalized spacial score (nSPS) is 10.9. The summed E-state index contributed by atoms with van der Waals surface area (Å²) in [6, 6.07) is 7.45. The van der Waals surface area contributed by atoms with Gasteiger partial charge in [-0.05, 0) is 42.9 Å². The molecule has 0 aliphatic rings. The number of fused-ring (bicyclic) bond motifs is 1. The highest BCUT2D eigenvalue weighted by atomic mass is 32.1. The van der Waals surface area contributed by atoms with Crippen LogP contribution in [-0.4, -0.2) is 15.8 Å². The van der Waals surface area contributed by atoms with Crippen molar-refractivity contribution in [2.75, 3.05) is 5.75 Å². The molecular weight excluding hydrogens is 194 g/mol. The third-order valence-corrected chi connectivity index (χ3v) is 2.58. The Bertz CT molecular complexity index is 436. The summed E-state index contributed by atoms with van der Waals surface area (Å²) in [4.78, 5) is 3.31. The Morgan fingerprint density at radius 3 is 2.93 bits per heavy atom. The lowest BCUT2D eigenvalue weighted by molar-refractivity contribution is 0.476. The molecule has 2 nitrogen and oxygen atoms in total. The molecule has 14 heavy (non-hydrogen) atoms. The van der Waals surface area contributed by atoms with Gasteiger partial charge in [-0.1, -0.05) is 0 Å². The number of H-pyrrole nitrogens is 1. The van der Waals surface area contributed by atoms with Crippen molar-refractivity contribution in [1.29, 1.82) is 0 Å². The molecule has 0 spiro atoms. The monoisotopic (exact) mass is 207 g/mol. The van der Waals surface area contributed by atoms with Gasteiger partial charge in [-0.2, -0.15) is 12.6 Å². The fraction of sp³-hybridized carbons (Fsp3) is 0.273. The van der Waals surface area contributed by atoms with E-state index in [9.17, 15) is 5.11 Å². The van der Waals surface area contributed by atoms with E-state index in [0.717, 1.165) is 29.5 Å². The molecule has 0 atom stereocenters. The number of rotatable bonds is 3. The first-order valence-corrected chi connectivity index (χ1v) is 5.34. The predicted molar refractivity (Wildman–Crippen MR) is 62.1 cm³/mol. The molecule has 0 fully saturated rings. The molecule has 0 radical (unpaired) electrons. The van der Waals surface area contributed by atoms with Gasteiger partial charge in [0.25, 0.3) is 0 Å². The Kier molecular flexibility index (Phi) is 2.68. The van der Waals surface area contributed by atoms with Crippen molar-refractivity contribution in [2.24, 2.45) is 0 Å². The highest BCUT2D eigenvalue weighted by Gasteiger charge is 2.00. The first kappa shape index (κ1) is 9.46. The minimum Gasteiger partial charge on any atom is -0.508 e. The van der Waals surface area contributed by atoms with E-state index in [2.05, 4.69) is 23.7 Å². The van der Waals surface area contributed by atoms with Gasteiger partial charge < -0.3 is 10.1 Å². The topological polar surface area (TPSA) is 36.0 Å². The quantitative estimate of drug-likeness (QED) is 0.665. The first-order valence-electron chi connectivity index (χ1n) is 4.71. The zero-order valence-electron chi connectivity index (χ0n) is 7.83. The van der Waals surface area contributed by atoms with E-state index in [4.69, 9.17) is 0 Å². The number of aromatic hydroxyl groups is 1. The van der Waals surface area contributed by atoms with Crippen LogP contribution in [0.3, 0.4) is 0 Å². The molecule has 0 unspecified atom stereocenters. The average Bonchev–Trinajstić information content (AvgIpc) is 2.56. The van der Waals surface area contributed by atoms with Crippen molar-refractivity contribution in [3.63, 3.8) is 0 Å². The summed E-state index contributed by atoms with van der Waals surface area (Å²) in [5.74, 6) is 1.22. The summed E-state index contributed by atoms with van der Waals surface area (Å²) in [6.07, 6.45) is 2.08. The SMILES string of the molecule is Oc1ccc2[nH]c(CCCS)cc2c1. The third kappa shape index (κ3) is 1.87. The second-order valence-electron chi connectivity index (χ2n) is 3.39. The summed E-state index contributed by atoms with van der Waals surface area (Å²) in [5, 5.41) is 10.4. The summed E-state index contributed by atoms with van der Waals surface area (Å²) >= 11 is 4.18. The second-order valence-corrected chi connectivity index (χ2v) is 3.84. The maximum absolute atomic E-state index is 9.29. The largest absolute Gasteiger partial charge is 0.508 e. The van der Waals surface area contributed by atoms with Crippen LogP contribution in [-0.2, 0) is 6.42 Å². The lowest BCUT2D eigenvalue weighted by atomic mass is 10.2. The molecule has 2 N–H and O–H groups in total. The number of aromatic nitrogens is 1. The molecule has 2 aromatic rings. The predicted octanol–water partition coefficient (Wildman–Crippen LogP) is 2.74. The van der Waals surface area contributed by atoms with Crippen LogP contribution in [0.25, 0.3) is 10.9 Å². The fourth-order valence-electron chi connectivity index (χ4n) is 1.58. The van der Waals surface area contributed by atoms with Gasteiger partial charge >= 0.3 is 0 Å². The second kappa shape index (κ2) is 3.96. The van der Waals surface area contributed by atoms with Crippen LogP contribution in [0.5, 0.6) is 5.75 Å². The van der Waals surface area contributed by atoms with Crippen LogP contribution in [0.2, 0.25) is 0 Å². The van der Waals surface area contributed by atoms with Gasteiger partial charge in [0.1, 0.15) is 5.75 Å². The standard InChI is InChI=1S/C11H13NOS/c13-10-3-4-11-8(7-10)6-9(12-11)2-1-5-14/h3-4,6-7,12-14H,1-2,5H2. The van der Waals surface area contributed by atoms with E-state index in [0.29, 0.717) is 5.75 Å². The molecule has 1 aromatic heterocycles. The van der Waals surface area contributed by atoms with Crippen LogP contribution >= 0.6 is 12.6 Å². The van der Waals surface area contributed by atoms with Crippen molar-refractivity contribution >= 4 is 23.5 Å². The van der Waals surface area contributed by atoms with Crippen LogP contribution < -0.4 is 0 Å². The number of hydrogen-bond acceptors (Lipinski definition) is 2. The number of phenolic OH excluding ortho intramolecular Hbond substituents is 1. The van der Waals surface area contributed by atoms with Crippen molar-refractivity contribution in [3.05, 3.63) is 30.0 Å². The number of thiol groups is 1. The fourth-order valence-corrected chi connectivity index (χ4v) is 1.74. The number of aryl methyl sites for hydroxylation is 1. The van der Waals surface area contributed by atoms with Crippen molar-refractivity contribution < 1.29 is 5.11 Å². The summed E-state index contributed by atoms with van der Waals surface area (Å²) in [6.45, 7) is 0. The van der Waals surface area contributed by atoms with Gasteiger partial charge in [0.2, 0.25) is 0 Å². The molecule has 0 saturated heterocycles. The number of phenols is 1. The maximum atomic E-state index is 9.29. The molecule has 3 heteroatoms. The lowest BCUT2D eigenvalue weighted by Gasteiger charge is -1.92. The molecule has 0 aliphatic carbocycles. The van der Waals surface area contributed by atoms with Gasteiger partial charge in [-0.15, -0.1) is 0 Å². The smallest absolute Gasteiger partial charge is 0.116 e. The van der Waals surface area contributed by atoms with Crippen molar-refractivity contribution in [2.45, 2.75) is 12.8 Å². The van der Waals surface area contributed by atoms with Crippen LogP contribution in [0.15, 0.2) is 24.3 Å². The zero-order chi connectivity index (χ0) is 9.97. The number of nitrogens with one attached hydrogen (secondary N) is 1. The molecule has 0 amide bonds. The van der Waals surface area contributed by atoms with E-state index in [1.54, 1.807) is 12.1 Å². The molecule has 74 valence electrons. The minimum absolute atomic E-state index is 0.317. The van der Waals surface area contributed by atoms with E-state index >= 15 is 0 Å². The van der Waals surface area contributed by atoms with E-state index < -0.39 is 0 Å². The van der Waals surface area contributed by atoms with Crippen molar-refractivity contribution in [1.82, 2.24) is 4.98 Å². The summed E-state index contributed by atoms with van der Waals surface area (Å²) < 4.78 is 0. The average molecular weight is 207 g/mol. The minimum atomic E-state index is 0.317. The Labute approximate surface area is 88.4 Å². The molecule has 1 aromatic carbocycles. The molecule has 0 saturated carbocycles. The molecule has 0 bridgehead atoms. The number of benzene rings is 1. The van der Waals surface area contributed by atoms with E-state index in [1.807, 2.05) is 6.07 Å². The van der Waals surface area contributed by atoms with E-state index in [1.165, 1.54) is 5.69 Å². The summed E-state index contributed by atoms with van der Waals surface area (Å²) in [5.41, 5.74) is 2.29. The van der Waals surface area contributed by atoms with Gasteiger partial charge in [0.15, 0.2) is 0 Å². The summed E-state index contributed by atoms with van der Waals surface area (Å²) in [7, 11) is 0. The first-order chi connectivity index (χ1) is 6.79. The lowest BCUT2D eigenvalue weighted by Crippen LogP contribution is -1.84. The van der Waals surface area contributed by atoms with Crippen LogP contribution in [0.4, 0.5) is 0 Å². The molecule has 1 heterocycles. The number of hydrogen-bond donors (Lipinski definition) is 3. The van der Waals surface area contributed by atoms with Gasteiger partial charge in [0, 0.05) is 16.6 Å². The molecular formula is C11H13NOS. The maximum Gasteiger partial charge on any atom is 0.116 e. The van der Waals surface area contributed by atoms with Crippen LogP contribution in [0.1, 0.15) is 12.1 Å². The van der Waals surface area contributed by atoms with Gasteiger partial charge in [-0.25, -0.2) is 0 Å². The van der Waals surface area contributed by atoms with E-state index in [-0.39, 0.29) is 0 Å². The Balaban J connectivity index is 2.32.